The zero-order valence-corrected chi connectivity index (χ0v) is 9.17. The van der Waals surface area contributed by atoms with Gasteiger partial charge in [0.15, 0.2) is 0 Å². The number of rotatable bonds is 4. The van der Waals surface area contributed by atoms with Gasteiger partial charge in [0.05, 0.1) is 0 Å². The Morgan fingerprint density at radius 2 is 2.00 bits per heavy atom. The van der Waals surface area contributed by atoms with Gasteiger partial charge in [-0.1, -0.05) is 6.07 Å². The summed E-state index contributed by atoms with van der Waals surface area (Å²) in [5.41, 5.74) is 2.26. The largest absolute Gasteiger partial charge is 0.306 e. The second kappa shape index (κ2) is 5.32. The molecule has 82 valence electrons. The van der Waals surface area contributed by atoms with E-state index in [0.29, 0.717) is 0 Å². The molecule has 1 N–H and O–H groups in total. The molecule has 2 aromatic rings. The van der Waals surface area contributed by atoms with Crippen molar-refractivity contribution in [1.29, 1.82) is 0 Å². The minimum absolute atomic E-state index is 0.272. The molecule has 2 aromatic heterocycles. The van der Waals surface area contributed by atoms with Gasteiger partial charge in [0.25, 0.3) is 0 Å². The molecule has 1 atom stereocenters. The molecule has 2 rings (SSSR count). The van der Waals surface area contributed by atoms with Crippen molar-refractivity contribution in [3.63, 3.8) is 0 Å². The van der Waals surface area contributed by atoms with Crippen molar-refractivity contribution in [2.24, 2.45) is 0 Å². The van der Waals surface area contributed by atoms with Crippen LogP contribution in [0.15, 0.2) is 43.2 Å². The molecule has 0 aliphatic carbocycles. The molecule has 0 fully saturated rings. The Labute approximate surface area is 94.8 Å². The fourth-order valence-corrected chi connectivity index (χ4v) is 1.44. The Hall–Kier alpha value is -1.81. The summed E-state index contributed by atoms with van der Waals surface area (Å²) in [5, 5.41) is 3.40. The second-order valence-corrected chi connectivity index (χ2v) is 3.64. The van der Waals surface area contributed by atoms with Crippen LogP contribution in [-0.4, -0.2) is 15.0 Å². The van der Waals surface area contributed by atoms with Crippen molar-refractivity contribution >= 4 is 0 Å². The van der Waals surface area contributed by atoms with E-state index in [9.17, 15) is 0 Å². The Morgan fingerprint density at radius 1 is 1.19 bits per heavy atom. The highest BCUT2D eigenvalue weighted by atomic mass is 14.9. The van der Waals surface area contributed by atoms with Crippen LogP contribution in [0.5, 0.6) is 0 Å². The van der Waals surface area contributed by atoms with E-state index in [2.05, 4.69) is 33.3 Å². The van der Waals surface area contributed by atoms with Gasteiger partial charge < -0.3 is 5.32 Å². The van der Waals surface area contributed by atoms with Crippen molar-refractivity contribution in [3.05, 3.63) is 54.4 Å². The Morgan fingerprint density at radius 3 is 2.69 bits per heavy atom. The predicted octanol–water partition coefficient (Wildman–Crippen LogP) is 1.72. The van der Waals surface area contributed by atoms with Gasteiger partial charge in [-0.15, -0.1) is 0 Å². The fourth-order valence-electron chi connectivity index (χ4n) is 1.44. The minimum atomic E-state index is 0.272. The summed E-state index contributed by atoms with van der Waals surface area (Å²) in [6.07, 6.45) is 8.82. The van der Waals surface area contributed by atoms with Gasteiger partial charge in [-0.3, -0.25) is 4.98 Å². The highest BCUT2D eigenvalue weighted by molar-refractivity contribution is 5.13. The van der Waals surface area contributed by atoms with Gasteiger partial charge in [-0.25, -0.2) is 9.97 Å². The summed E-state index contributed by atoms with van der Waals surface area (Å²) in [6.45, 7) is 2.87. The minimum Gasteiger partial charge on any atom is -0.306 e. The molecule has 0 saturated carbocycles. The van der Waals surface area contributed by atoms with Gasteiger partial charge >= 0.3 is 0 Å². The normalized spacial score (nSPS) is 12.3. The first-order chi connectivity index (χ1) is 7.86. The van der Waals surface area contributed by atoms with E-state index in [4.69, 9.17) is 0 Å². The predicted molar refractivity (Wildman–Crippen MR) is 61.5 cm³/mol. The van der Waals surface area contributed by atoms with Crippen molar-refractivity contribution in [3.8, 4) is 0 Å². The van der Waals surface area contributed by atoms with Crippen LogP contribution in [0.25, 0.3) is 0 Å². The number of pyridine rings is 1. The topological polar surface area (TPSA) is 50.7 Å². The molecule has 0 saturated heterocycles. The van der Waals surface area contributed by atoms with Gasteiger partial charge in [-0.05, 0) is 18.6 Å². The smallest absolute Gasteiger partial charge is 0.115 e. The van der Waals surface area contributed by atoms with E-state index in [1.807, 2.05) is 24.7 Å². The third-order valence-corrected chi connectivity index (χ3v) is 2.41. The van der Waals surface area contributed by atoms with E-state index in [1.165, 1.54) is 11.9 Å². The van der Waals surface area contributed by atoms with Crippen molar-refractivity contribution in [2.45, 2.75) is 19.5 Å². The van der Waals surface area contributed by atoms with Gasteiger partial charge in [0, 0.05) is 42.9 Å². The number of aromatic nitrogens is 3. The van der Waals surface area contributed by atoms with Gasteiger partial charge in [0.2, 0.25) is 0 Å². The lowest BCUT2D eigenvalue weighted by molar-refractivity contribution is 0.571. The van der Waals surface area contributed by atoms with E-state index >= 15 is 0 Å². The molecule has 0 unspecified atom stereocenters. The molecular weight excluding hydrogens is 200 g/mol. The summed E-state index contributed by atoms with van der Waals surface area (Å²) >= 11 is 0. The Balaban J connectivity index is 1.92. The van der Waals surface area contributed by atoms with Crippen LogP contribution in [0.2, 0.25) is 0 Å². The van der Waals surface area contributed by atoms with E-state index in [-0.39, 0.29) is 6.04 Å². The molecule has 4 nitrogen and oxygen atoms in total. The molecule has 0 aliphatic heterocycles. The molecule has 0 spiro atoms. The number of nitrogens with one attached hydrogen (secondary N) is 1. The van der Waals surface area contributed by atoms with Crippen LogP contribution in [0.3, 0.4) is 0 Å². The zero-order valence-electron chi connectivity index (χ0n) is 9.17. The second-order valence-electron chi connectivity index (χ2n) is 3.64. The highest BCUT2D eigenvalue weighted by Crippen LogP contribution is 2.10. The standard InChI is InChI=1S/C12H14N4/c1-10(12-3-2-4-13-8-12)16-7-11-5-14-9-15-6-11/h2-6,8-10,16H,7H2,1H3/t10-/m0/s1. The maximum absolute atomic E-state index is 4.10. The molecule has 0 aromatic carbocycles. The number of nitrogens with zero attached hydrogens (tertiary/aromatic N) is 3. The Kier molecular flexibility index (Phi) is 3.56. The van der Waals surface area contributed by atoms with Crippen molar-refractivity contribution in [2.75, 3.05) is 0 Å². The summed E-state index contributed by atoms with van der Waals surface area (Å²) in [6, 6.07) is 4.28. The quantitative estimate of drug-likeness (QED) is 0.842. The van der Waals surface area contributed by atoms with Crippen molar-refractivity contribution in [1.82, 2.24) is 20.3 Å². The van der Waals surface area contributed by atoms with Crippen LogP contribution in [0.4, 0.5) is 0 Å². The van der Waals surface area contributed by atoms with E-state index < -0.39 is 0 Å². The average Bonchev–Trinajstić information content (AvgIpc) is 2.38. The third kappa shape index (κ3) is 2.84. The summed E-state index contributed by atoms with van der Waals surface area (Å²) in [7, 11) is 0. The monoisotopic (exact) mass is 214 g/mol. The summed E-state index contributed by atoms with van der Waals surface area (Å²) in [4.78, 5) is 12.0. The summed E-state index contributed by atoms with van der Waals surface area (Å²) in [5.74, 6) is 0. The maximum Gasteiger partial charge on any atom is 0.115 e. The summed E-state index contributed by atoms with van der Waals surface area (Å²) < 4.78 is 0. The zero-order chi connectivity index (χ0) is 11.2. The van der Waals surface area contributed by atoms with E-state index in [0.717, 1.165) is 12.1 Å². The molecule has 16 heavy (non-hydrogen) atoms. The molecule has 2 heterocycles. The van der Waals surface area contributed by atoms with E-state index in [1.54, 1.807) is 6.20 Å². The van der Waals surface area contributed by atoms with Crippen LogP contribution in [-0.2, 0) is 6.54 Å². The van der Waals surface area contributed by atoms with Crippen LogP contribution >= 0.6 is 0 Å². The lowest BCUT2D eigenvalue weighted by Crippen LogP contribution is -2.18. The average molecular weight is 214 g/mol. The number of hydrogen-bond donors (Lipinski definition) is 1. The van der Waals surface area contributed by atoms with Crippen LogP contribution in [0.1, 0.15) is 24.1 Å². The molecule has 0 aliphatic rings. The van der Waals surface area contributed by atoms with Gasteiger partial charge in [-0.2, -0.15) is 0 Å². The maximum atomic E-state index is 4.10. The fraction of sp³-hybridized carbons (Fsp3) is 0.250. The lowest BCUT2D eigenvalue weighted by Gasteiger charge is -2.13. The van der Waals surface area contributed by atoms with Crippen LogP contribution in [0, 0.1) is 0 Å². The van der Waals surface area contributed by atoms with Crippen molar-refractivity contribution < 1.29 is 0 Å². The molecular formula is C12H14N4. The molecule has 0 bridgehead atoms. The first-order valence-electron chi connectivity index (χ1n) is 5.23. The first-order valence-corrected chi connectivity index (χ1v) is 5.23. The van der Waals surface area contributed by atoms with Gasteiger partial charge in [0.1, 0.15) is 6.33 Å². The SMILES string of the molecule is C[C@H](NCc1cncnc1)c1cccnc1. The first kappa shape index (κ1) is 10.7. The van der Waals surface area contributed by atoms with Crippen LogP contribution < -0.4 is 5.32 Å². The molecule has 0 amide bonds. The molecule has 0 radical (unpaired) electrons. The number of hydrogen-bond acceptors (Lipinski definition) is 4. The Bertz CT molecular complexity index is 416. The highest BCUT2D eigenvalue weighted by Gasteiger charge is 2.04. The third-order valence-electron chi connectivity index (χ3n) is 2.41. The lowest BCUT2D eigenvalue weighted by atomic mass is 10.1. The molecule has 4 heteroatoms.